The van der Waals surface area contributed by atoms with Crippen LogP contribution in [-0.2, 0) is 14.8 Å². The molecule has 0 aliphatic carbocycles. The number of aliphatic imine (C=N–C) groups is 1. The molecule has 0 spiro atoms. The molecule has 2 aromatic rings. The Balaban J connectivity index is 2.40. The van der Waals surface area contributed by atoms with E-state index in [1.165, 1.54) is 25.4 Å². The second-order valence-electron chi connectivity index (χ2n) is 6.82. The van der Waals surface area contributed by atoms with Crippen LogP contribution in [0.1, 0.15) is 24.5 Å². The van der Waals surface area contributed by atoms with E-state index < -0.39 is 10.0 Å². The van der Waals surface area contributed by atoms with Gasteiger partial charge in [0.2, 0.25) is 21.8 Å². The van der Waals surface area contributed by atoms with Crippen molar-refractivity contribution in [3.63, 3.8) is 0 Å². The maximum atomic E-state index is 11.6. The van der Waals surface area contributed by atoms with Crippen LogP contribution in [0.3, 0.4) is 0 Å². The van der Waals surface area contributed by atoms with Gasteiger partial charge in [-0.15, -0.1) is 0 Å². The van der Waals surface area contributed by atoms with Crippen LogP contribution in [-0.4, -0.2) is 40.1 Å². The van der Waals surface area contributed by atoms with Gasteiger partial charge in [0, 0.05) is 24.9 Å². The highest BCUT2D eigenvalue weighted by Crippen LogP contribution is 2.21. The third-order valence-corrected chi connectivity index (χ3v) is 5.51. The minimum atomic E-state index is -3.79. The van der Waals surface area contributed by atoms with Crippen molar-refractivity contribution in [1.82, 2.24) is 10.3 Å². The quantitative estimate of drug-likeness (QED) is 0.302. The summed E-state index contributed by atoms with van der Waals surface area (Å²) in [6.45, 7) is 5.96. The second-order valence-corrected chi connectivity index (χ2v) is 8.38. The summed E-state index contributed by atoms with van der Waals surface area (Å²) in [7, 11) is -0.569. The van der Waals surface area contributed by atoms with Crippen LogP contribution in [0.2, 0.25) is 0 Å². The van der Waals surface area contributed by atoms with Crippen molar-refractivity contribution in [3.05, 3.63) is 83.7 Å². The lowest BCUT2D eigenvalue weighted by Gasteiger charge is -2.15. The normalized spacial score (nSPS) is 12.9. The highest BCUT2D eigenvalue weighted by Gasteiger charge is 2.14. The Labute approximate surface area is 200 Å². The summed E-state index contributed by atoms with van der Waals surface area (Å²) in [5, 5.41) is 17.2. The van der Waals surface area contributed by atoms with Gasteiger partial charge in [0.1, 0.15) is 12.7 Å². The number of rotatable bonds is 10. The monoisotopic (exact) mass is 481 g/mol. The van der Waals surface area contributed by atoms with Crippen LogP contribution in [0.15, 0.2) is 82.5 Å². The largest absolute Gasteiger partial charge is 0.480 e. The molecular formula is C24H27N5O4S. The smallest absolute Gasteiger partial charge is 0.238 e. The van der Waals surface area contributed by atoms with Crippen LogP contribution in [0.5, 0.6) is 5.88 Å². The Hall–Kier alpha value is -3.94. The highest BCUT2D eigenvalue weighted by molar-refractivity contribution is 7.89. The first-order chi connectivity index (χ1) is 16.3. The van der Waals surface area contributed by atoms with Crippen molar-refractivity contribution in [3.8, 4) is 11.9 Å². The van der Waals surface area contributed by atoms with Gasteiger partial charge in [0.15, 0.2) is 0 Å². The fraction of sp³-hybridized carbons (Fsp3) is 0.208. The van der Waals surface area contributed by atoms with Gasteiger partial charge in [-0.3, -0.25) is 0 Å². The van der Waals surface area contributed by atoms with Crippen LogP contribution in [0.4, 0.5) is 0 Å². The maximum Gasteiger partial charge on any atom is 0.238 e. The molecule has 0 saturated heterocycles. The molecule has 0 unspecified atom stereocenters. The predicted molar refractivity (Wildman–Crippen MR) is 131 cm³/mol. The van der Waals surface area contributed by atoms with Gasteiger partial charge >= 0.3 is 0 Å². The van der Waals surface area contributed by atoms with E-state index >= 15 is 0 Å². The van der Waals surface area contributed by atoms with Gasteiger partial charge in [-0.2, -0.15) is 5.26 Å². The molecule has 0 fully saturated rings. The zero-order valence-corrected chi connectivity index (χ0v) is 20.1. The number of sulfonamides is 1. The van der Waals surface area contributed by atoms with Crippen LogP contribution in [0, 0.1) is 11.3 Å². The van der Waals surface area contributed by atoms with Gasteiger partial charge in [-0.05, 0) is 24.6 Å². The number of ether oxygens (including phenoxy) is 2. The molecule has 3 N–H and O–H groups in total. The fourth-order valence-corrected chi connectivity index (χ4v) is 3.38. The summed E-state index contributed by atoms with van der Waals surface area (Å²) in [5.41, 5.74) is 2.93. The van der Waals surface area contributed by atoms with Gasteiger partial charge in [0.25, 0.3) is 0 Å². The summed E-state index contributed by atoms with van der Waals surface area (Å²) < 4.78 is 34.4. The average molecular weight is 482 g/mol. The van der Waals surface area contributed by atoms with E-state index in [9.17, 15) is 8.42 Å². The number of nitrogens with one attached hydrogen (secondary N) is 1. The lowest BCUT2D eigenvalue weighted by atomic mass is 10.1. The number of aromatic nitrogens is 1. The molecule has 0 aliphatic rings. The van der Waals surface area contributed by atoms with Crippen molar-refractivity contribution in [2.75, 3.05) is 20.8 Å². The molecule has 0 aliphatic heterocycles. The second kappa shape index (κ2) is 12.3. The molecule has 34 heavy (non-hydrogen) atoms. The van der Waals surface area contributed by atoms with E-state index in [4.69, 9.17) is 19.9 Å². The Morgan fingerprint density at radius 3 is 2.47 bits per heavy atom. The number of primary sulfonamides is 1. The summed E-state index contributed by atoms with van der Waals surface area (Å²) in [5.74, 6) is 0.638. The molecule has 0 atom stereocenters. The highest BCUT2D eigenvalue weighted by atomic mass is 32.2. The standard InChI is InChI=1S/C24H27N5O4S/c1-5-7-21(18-9-11-19(12-10-18)34(26,30)31)29-24(32-4)20(6-2)22(27-3)16-33-23-13-8-17(14-25)15-28-23/h6-13,15,27H,2,5,16H2,1,3-4H3,(H2,26,30,31)/b21-7+,22-20+,29-24-. The Morgan fingerprint density at radius 1 is 1.29 bits per heavy atom. The Kier molecular flexibility index (Phi) is 9.55. The third kappa shape index (κ3) is 7.03. The molecule has 1 heterocycles. The molecule has 9 nitrogen and oxygen atoms in total. The minimum absolute atomic E-state index is 0.0146. The molecule has 10 heteroatoms. The van der Waals surface area contributed by atoms with Crippen molar-refractivity contribution < 1.29 is 17.9 Å². The van der Waals surface area contributed by atoms with E-state index in [0.29, 0.717) is 40.4 Å². The number of allylic oxidation sites excluding steroid dienone is 1. The number of nitrogens with two attached hydrogens (primary N) is 1. The number of nitrogens with zero attached hydrogens (tertiary/aromatic N) is 3. The van der Waals surface area contributed by atoms with Crippen LogP contribution < -0.4 is 15.2 Å². The molecule has 0 radical (unpaired) electrons. The first-order valence-electron chi connectivity index (χ1n) is 10.3. The zero-order valence-electron chi connectivity index (χ0n) is 19.3. The van der Waals surface area contributed by atoms with E-state index in [1.807, 2.05) is 19.1 Å². The molecule has 2 rings (SSSR count). The summed E-state index contributed by atoms with van der Waals surface area (Å²) in [6, 6.07) is 11.4. The maximum absolute atomic E-state index is 11.6. The summed E-state index contributed by atoms with van der Waals surface area (Å²) in [6.07, 6.45) is 5.60. The van der Waals surface area contributed by atoms with Crippen LogP contribution in [0.25, 0.3) is 5.70 Å². The number of hydrogen-bond acceptors (Lipinski definition) is 8. The fourth-order valence-electron chi connectivity index (χ4n) is 2.86. The molecule has 1 aromatic carbocycles. The molecule has 0 saturated carbocycles. The summed E-state index contributed by atoms with van der Waals surface area (Å²) >= 11 is 0. The lowest BCUT2D eigenvalue weighted by Crippen LogP contribution is -2.21. The lowest BCUT2D eigenvalue weighted by molar-refractivity contribution is 0.329. The number of nitriles is 1. The van der Waals surface area contributed by atoms with Gasteiger partial charge in [0.05, 0.1) is 34.5 Å². The van der Waals surface area contributed by atoms with Gasteiger partial charge in [-0.1, -0.05) is 37.8 Å². The van der Waals surface area contributed by atoms with E-state index in [2.05, 4.69) is 21.9 Å². The molecule has 1 aromatic heterocycles. The Bertz CT molecular complexity index is 1240. The average Bonchev–Trinajstić information content (AvgIpc) is 2.84. The molecular weight excluding hydrogens is 454 g/mol. The van der Waals surface area contributed by atoms with E-state index in [-0.39, 0.29) is 17.4 Å². The van der Waals surface area contributed by atoms with Crippen molar-refractivity contribution >= 4 is 21.6 Å². The van der Waals surface area contributed by atoms with Crippen LogP contribution >= 0.6 is 0 Å². The third-order valence-electron chi connectivity index (χ3n) is 4.58. The van der Waals surface area contributed by atoms with Gasteiger partial charge in [-0.25, -0.2) is 23.5 Å². The number of methoxy groups -OCH3 is 1. The SMILES string of the molecule is C=CC(/C(=N/C(=C/CC)c1ccc(S(N)(=O)=O)cc1)OC)=C(/COc1ccc(C#N)cn1)NC. The number of hydrogen-bond donors (Lipinski definition) is 2. The first kappa shape index (κ1) is 26.3. The minimum Gasteiger partial charge on any atom is -0.480 e. The van der Waals surface area contributed by atoms with Crippen molar-refractivity contribution in [1.29, 1.82) is 5.26 Å². The van der Waals surface area contributed by atoms with Crippen molar-refractivity contribution in [2.24, 2.45) is 10.1 Å². The van der Waals surface area contributed by atoms with E-state index in [0.717, 1.165) is 0 Å². The first-order valence-corrected chi connectivity index (χ1v) is 11.8. The summed E-state index contributed by atoms with van der Waals surface area (Å²) in [4.78, 5) is 8.78. The van der Waals surface area contributed by atoms with Gasteiger partial charge < -0.3 is 14.8 Å². The Morgan fingerprint density at radius 2 is 2.00 bits per heavy atom. The molecule has 0 bridgehead atoms. The molecule has 178 valence electrons. The number of pyridine rings is 1. The van der Waals surface area contributed by atoms with E-state index in [1.54, 1.807) is 37.4 Å². The molecule has 0 amide bonds. The number of benzene rings is 1. The zero-order chi connectivity index (χ0) is 25.1. The number of likely N-dealkylation sites (N-methyl/N-ethyl adjacent to an activating group) is 1. The predicted octanol–water partition coefficient (Wildman–Crippen LogP) is 3.13. The van der Waals surface area contributed by atoms with Crippen molar-refractivity contribution in [2.45, 2.75) is 18.2 Å². The topological polar surface area (TPSA) is 140 Å².